The van der Waals surface area contributed by atoms with E-state index in [0.29, 0.717) is 80.9 Å². The lowest BCUT2D eigenvalue weighted by atomic mass is 9.60. The van der Waals surface area contributed by atoms with E-state index >= 15 is 0 Å². The lowest BCUT2D eigenvalue weighted by Crippen LogP contribution is -2.54. The topological polar surface area (TPSA) is 194 Å². The molecule has 1 saturated carbocycles. The van der Waals surface area contributed by atoms with Gasteiger partial charge in [-0.25, -0.2) is 13.1 Å². The molecular formula is C53H64N8O9S. The van der Waals surface area contributed by atoms with Gasteiger partial charge in [0.1, 0.15) is 28.9 Å². The number of hydrogen-bond donors (Lipinski definition) is 3. The van der Waals surface area contributed by atoms with Crippen molar-refractivity contribution in [3.05, 3.63) is 100 Å². The number of nitro groups is 1. The van der Waals surface area contributed by atoms with Crippen molar-refractivity contribution < 1.29 is 37.1 Å². The molecule has 11 rings (SSSR count). The Kier molecular flexibility index (Phi) is 13.1. The molecule has 3 N–H and O–H groups in total. The molecule has 0 bridgehead atoms. The zero-order valence-electron chi connectivity index (χ0n) is 40.5. The van der Waals surface area contributed by atoms with Crippen molar-refractivity contribution in [2.24, 2.45) is 17.3 Å². The smallest absolute Gasteiger partial charge is 0.293 e. The van der Waals surface area contributed by atoms with Crippen molar-refractivity contribution in [2.45, 2.75) is 101 Å². The Balaban J connectivity index is 0.868. The number of pyridine rings is 1. The maximum absolute atomic E-state index is 14.7. The molecule has 6 aliphatic rings. The van der Waals surface area contributed by atoms with Gasteiger partial charge in [-0.15, -0.1) is 0 Å². The van der Waals surface area contributed by atoms with Crippen LogP contribution >= 0.6 is 0 Å². The number of nitrogens with zero attached hydrogens (tertiary/aromatic N) is 5. The van der Waals surface area contributed by atoms with Crippen molar-refractivity contribution in [1.82, 2.24) is 19.6 Å². The fourth-order valence-electron chi connectivity index (χ4n) is 12.1. The molecule has 0 radical (unpaired) electrons. The molecule has 5 aliphatic heterocycles. The lowest BCUT2D eigenvalue weighted by Gasteiger charge is -2.56. The molecule has 1 aliphatic carbocycles. The Morgan fingerprint density at radius 3 is 2.56 bits per heavy atom. The number of sulfonamides is 1. The predicted molar refractivity (Wildman–Crippen MR) is 270 cm³/mol. The number of nitrogens with one attached hydrogen (secondary N) is 3. The Bertz CT molecular complexity index is 2890. The summed E-state index contributed by atoms with van der Waals surface area (Å²) in [5.41, 5.74) is 4.21. The second kappa shape index (κ2) is 19.6. The molecule has 1 amide bonds. The molecule has 3 aromatic carbocycles. The number of benzene rings is 3. The summed E-state index contributed by atoms with van der Waals surface area (Å²) in [4.78, 5) is 41.2. The number of amides is 1. The first-order valence-corrected chi connectivity index (χ1v) is 27.0. The first kappa shape index (κ1) is 47.4. The molecule has 71 heavy (non-hydrogen) atoms. The Morgan fingerprint density at radius 1 is 0.958 bits per heavy atom. The number of anilines is 4. The molecule has 5 fully saturated rings. The summed E-state index contributed by atoms with van der Waals surface area (Å²) >= 11 is 0. The summed E-state index contributed by atoms with van der Waals surface area (Å²) < 4.78 is 55.0. The number of fused-ring (bicyclic) bond motifs is 3. The first-order chi connectivity index (χ1) is 34.4. The third-order valence-corrected chi connectivity index (χ3v) is 17.3. The largest absolute Gasteiger partial charge is 0.491 e. The van der Waals surface area contributed by atoms with Crippen LogP contribution in [0.1, 0.15) is 93.6 Å². The van der Waals surface area contributed by atoms with Gasteiger partial charge in [0.25, 0.3) is 21.6 Å². The van der Waals surface area contributed by atoms with Crippen LogP contribution in [0.25, 0.3) is 11.0 Å². The highest BCUT2D eigenvalue weighted by atomic mass is 32.2. The van der Waals surface area contributed by atoms with E-state index < -0.39 is 31.4 Å². The number of aromatic nitrogens is 2. The molecule has 0 unspecified atom stereocenters. The summed E-state index contributed by atoms with van der Waals surface area (Å²) in [7, 11) is -4.60. The summed E-state index contributed by atoms with van der Waals surface area (Å²) in [6.07, 6.45) is 10.8. The molecule has 1 spiro atoms. The second-order valence-corrected chi connectivity index (χ2v) is 22.5. The quantitative estimate of drug-likeness (QED) is 0.0749. The zero-order chi connectivity index (χ0) is 48.9. The van der Waals surface area contributed by atoms with E-state index in [9.17, 15) is 23.3 Å². The fourth-order valence-corrected chi connectivity index (χ4v) is 13.1. The highest BCUT2D eigenvalue weighted by molar-refractivity contribution is 7.90. The number of rotatable bonds is 13. The number of aromatic amines is 1. The minimum Gasteiger partial charge on any atom is -0.491 e. The minimum atomic E-state index is -4.60. The predicted octanol–water partition coefficient (Wildman–Crippen LogP) is 8.74. The normalized spacial score (nSPS) is 22.9. The van der Waals surface area contributed by atoms with Gasteiger partial charge < -0.3 is 39.0 Å². The SMILES string of the molecule is CC(C)Oc1ccccc1[C@@H]1CCCN1C1CC2(CCN(c3ccc(C(=O)NS(=O)(=O)c4ccc(NCC5CCOCC5)c([N+](=O)[O-])c4)c(N4C[C@H]5COCC[C@@H]5Oc5nc6[nH]ccc6cc54)c3)CC2)C1. The van der Waals surface area contributed by atoms with E-state index in [-0.39, 0.29) is 40.7 Å². The Labute approximate surface area is 414 Å². The van der Waals surface area contributed by atoms with Crippen molar-refractivity contribution in [1.29, 1.82) is 0 Å². The highest BCUT2D eigenvalue weighted by Crippen LogP contribution is 2.55. The summed E-state index contributed by atoms with van der Waals surface area (Å²) in [5, 5.41) is 16.3. The number of piperidine rings is 1. The van der Waals surface area contributed by atoms with E-state index in [2.05, 4.69) is 62.9 Å². The molecule has 5 aromatic rings. The number of hydrogen-bond acceptors (Lipinski definition) is 14. The maximum Gasteiger partial charge on any atom is 0.293 e. The van der Waals surface area contributed by atoms with Crippen LogP contribution in [0.4, 0.5) is 28.4 Å². The minimum absolute atomic E-state index is 0.0912. The molecule has 376 valence electrons. The van der Waals surface area contributed by atoms with Crippen LogP contribution in [0.5, 0.6) is 11.6 Å². The van der Waals surface area contributed by atoms with Crippen LogP contribution < -0.4 is 29.3 Å². The van der Waals surface area contributed by atoms with Gasteiger partial charge >= 0.3 is 0 Å². The number of likely N-dealkylation sites (tertiary alicyclic amines) is 1. The van der Waals surface area contributed by atoms with E-state index in [1.165, 1.54) is 24.1 Å². The van der Waals surface area contributed by atoms with Crippen LogP contribution in [-0.2, 0) is 19.5 Å². The molecular weight excluding hydrogens is 925 g/mol. The van der Waals surface area contributed by atoms with Gasteiger partial charge in [-0.05, 0) is 132 Å². The molecule has 17 nitrogen and oxygen atoms in total. The van der Waals surface area contributed by atoms with Gasteiger partial charge in [-0.2, -0.15) is 4.98 Å². The molecule has 3 atom stereocenters. The second-order valence-electron chi connectivity index (χ2n) is 20.8. The summed E-state index contributed by atoms with van der Waals surface area (Å²) in [5.74, 6) is 0.713. The van der Waals surface area contributed by atoms with E-state index in [1.54, 1.807) is 6.07 Å². The highest BCUT2D eigenvalue weighted by Gasteiger charge is 2.50. The first-order valence-electron chi connectivity index (χ1n) is 25.5. The van der Waals surface area contributed by atoms with Crippen LogP contribution in [-0.4, -0.2) is 112 Å². The summed E-state index contributed by atoms with van der Waals surface area (Å²) in [6, 6.07) is 22.6. The Hall–Kier alpha value is -5.95. The van der Waals surface area contributed by atoms with Crippen LogP contribution in [0.15, 0.2) is 83.9 Å². The number of carbonyl (C=O) groups is 1. The van der Waals surface area contributed by atoms with Gasteiger partial charge in [0, 0.05) is 92.7 Å². The van der Waals surface area contributed by atoms with Crippen molar-refractivity contribution in [3.63, 3.8) is 0 Å². The fraction of sp³-hybridized carbons (Fsp3) is 0.509. The number of H-pyrrole nitrogens is 1. The third kappa shape index (κ3) is 9.63. The third-order valence-electron chi connectivity index (χ3n) is 15.9. The van der Waals surface area contributed by atoms with Crippen molar-refractivity contribution >= 4 is 55.4 Å². The standard InChI is InChI=1S/C53H64N8O9S/c1-34(2)69-49-8-4-3-6-41(49)44-7-5-20-59(44)39-29-53(30-39)17-21-58(22-18-53)38-9-11-42(45(27-38)60-32-37-33-68-25-16-48(37)70-52-47(60)26-36-13-19-54-50(36)56-52)51(62)57-71(65,66)40-10-12-43(46(28-40)61(63)64)55-31-35-14-23-67-24-15-35/h3-4,6,8-13,19,26-28,34-35,37,39,44,48,55H,5,7,14-18,20-25,29-33H2,1-2H3,(H,54,56)(H,57,62)/t37-,44-,48-/m0/s1. The average Bonchev–Trinajstić information content (AvgIpc) is 4.01. The van der Waals surface area contributed by atoms with Gasteiger partial charge in [-0.1, -0.05) is 18.2 Å². The van der Waals surface area contributed by atoms with Crippen LogP contribution in [0, 0.1) is 27.4 Å². The van der Waals surface area contributed by atoms with Crippen LogP contribution in [0.2, 0.25) is 0 Å². The summed E-state index contributed by atoms with van der Waals surface area (Å²) in [6.45, 7) is 10.1. The van der Waals surface area contributed by atoms with Gasteiger partial charge in [0.05, 0.1) is 40.4 Å². The average molecular weight is 989 g/mol. The van der Waals surface area contributed by atoms with Gasteiger partial charge in [0.15, 0.2) is 0 Å². The monoisotopic (exact) mass is 988 g/mol. The molecule has 7 heterocycles. The Morgan fingerprint density at radius 2 is 1.76 bits per heavy atom. The van der Waals surface area contributed by atoms with Gasteiger partial charge in [-0.3, -0.25) is 19.8 Å². The lowest BCUT2D eigenvalue weighted by molar-refractivity contribution is -0.384. The molecule has 18 heteroatoms. The van der Waals surface area contributed by atoms with E-state index in [0.717, 1.165) is 87.5 Å². The number of carbonyl (C=O) groups excluding carboxylic acids is 1. The maximum atomic E-state index is 14.7. The van der Waals surface area contributed by atoms with Crippen LogP contribution in [0.3, 0.4) is 0 Å². The van der Waals surface area contributed by atoms with Crippen molar-refractivity contribution in [3.8, 4) is 11.6 Å². The molecule has 4 saturated heterocycles. The van der Waals surface area contributed by atoms with E-state index in [4.69, 9.17) is 23.9 Å². The number of para-hydroxylation sites is 1. The number of ether oxygens (including phenoxy) is 4. The van der Waals surface area contributed by atoms with Crippen molar-refractivity contribution in [2.75, 3.05) is 74.3 Å². The number of nitro benzene ring substituents is 1. The van der Waals surface area contributed by atoms with Gasteiger partial charge in [0.2, 0.25) is 5.88 Å². The molecule has 2 aromatic heterocycles. The van der Waals surface area contributed by atoms with E-state index in [1.807, 2.05) is 35.4 Å². The zero-order valence-corrected chi connectivity index (χ0v) is 41.3.